The Balaban J connectivity index is 2.32. The van der Waals surface area contributed by atoms with E-state index in [1.165, 1.54) is 6.07 Å². The number of phenolic OH excluding ortho intramolecular Hbond substituents is 1. The van der Waals surface area contributed by atoms with E-state index in [-0.39, 0.29) is 22.3 Å². The lowest BCUT2D eigenvalue weighted by molar-refractivity contribution is 0.0597. The molecule has 0 amide bonds. The van der Waals surface area contributed by atoms with Gasteiger partial charge in [-0.25, -0.2) is 17.9 Å². The van der Waals surface area contributed by atoms with E-state index in [2.05, 4.69) is 9.46 Å². The van der Waals surface area contributed by atoms with Crippen molar-refractivity contribution in [2.45, 2.75) is 24.3 Å². The van der Waals surface area contributed by atoms with E-state index in [1.807, 2.05) is 6.92 Å². The van der Waals surface area contributed by atoms with Gasteiger partial charge < -0.3 is 9.84 Å². The van der Waals surface area contributed by atoms with Crippen LogP contribution in [-0.2, 0) is 14.8 Å². The van der Waals surface area contributed by atoms with Crippen LogP contribution in [0.5, 0.6) is 5.75 Å². The van der Waals surface area contributed by atoms with Gasteiger partial charge in [0.15, 0.2) is 0 Å². The minimum atomic E-state index is -3.68. The summed E-state index contributed by atoms with van der Waals surface area (Å²) < 4.78 is 31.1. The molecule has 6 nitrogen and oxygen atoms in total. The molecule has 1 aromatic rings. The highest BCUT2D eigenvalue weighted by Crippen LogP contribution is 2.31. The molecule has 7 heteroatoms. The zero-order valence-corrected chi connectivity index (χ0v) is 11.4. The van der Waals surface area contributed by atoms with E-state index in [0.717, 1.165) is 25.7 Å². The number of hydrogen-bond acceptors (Lipinski definition) is 5. The van der Waals surface area contributed by atoms with E-state index in [9.17, 15) is 18.3 Å². The zero-order valence-electron chi connectivity index (χ0n) is 10.6. The summed E-state index contributed by atoms with van der Waals surface area (Å²) in [6.07, 6.45) is 0.807. The Hall–Kier alpha value is -1.60. The summed E-state index contributed by atoms with van der Waals surface area (Å²) in [6.45, 7) is 1.95. The molecule has 2 N–H and O–H groups in total. The first kappa shape index (κ1) is 13.8. The minimum Gasteiger partial charge on any atom is -0.507 e. The van der Waals surface area contributed by atoms with Gasteiger partial charge in [0.1, 0.15) is 11.3 Å². The van der Waals surface area contributed by atoms with Gasteiger partial charge in [0.2, 0.25) is 10.0 Å². The molecule has 2 atom stereocenters. The third-order valence-electron chi connectivity index (χ3n) is 3.10. The number of aromatic hydroxyl groups is 1. The highest BCUT2D eigenvalue weighted by Gasteiger charge is 2.36. The van der Waals surface area contributed by atoms with E-state index < -0.39 is 16.0 Å². The highest BCUT2D eigenvalue weighted by atomic mass is 32.2. The Morgan fingerprint density at radius 1 is 1.47 bits per heavy atom. The molecule has 0 bridgehead atoms. The first-order valence-electron chi connectivity index (χ1n) is 5.79. The highest BCUT2D eigenvalue weighted by molar-refractivity contribution is 7.89. The van der Waals surface area contributed by atoms with Gasteiger partial charge in [-0.2, -0.15) is 0 Å². The van der Waals surface area contributed by atoms with Crippen molar-refractivity contribution in [2.24, 2.45) is 5.92 Å². The predicted molar refractivity (Wildman–Crippen MR) is 67.3 cm³/mol. The van der Waals surface area contributed by atoms with Gasteiger partial charge >= 0.3 is 5.97 Å². The van der Waals surface area contributed by atoms with Crippen molar-refractivity contribution < 1.29 is 23.1 Å². The maximum Gasteiger partial charge on any atom is 0.341 e. The molecule has 1 aromatic carbocycles. The number of benzene rings is 1. The van der Waals surface area contributed by atoms with Crippen LogP contribution in [0.15, 0.2) is 23.1 Å². The van der Waals surface area contributed by atoms with Crippen molar-refractivity contribution in [1.82, 2.24) is 4.72 Å². The van der Waals surface area contributed by atoms with Gasteiger partial charge in [-0.1, -0.05) is 6.92 Å². The van der Waals surface area contributed by atoms with Crippen LogP contribution in [0.25, 0.3) is 0 Å². The average molecular weight is 285 g/mol. The fraction of sp³-hybridized carbons (Fsp3) is 0.417. The van der Waals surface area contributed by atoms with Crippen molar-refractivity contribution in [3.63, 3.8) is 0 Å². The maximum absolute atomic E-state index is 12.1. The summed E-state index contributed by atoms with van der Waals surface area (Å²) in [4.78, 5) is 11.3. The Morgan fingerprint density at radius 3 is 2.63 bits per heavy atom. The van der Waals surface area contributed by atoms with Gasteiger partial charge in [0.05, 0.1) is 12.0 Å². The van der Waals surface area contributed by atoms with Crippen LogP contribution in [0.1, 0.15) is 23.7 Å². The molecule has 0 saturated heterocycles. The normalized spacial score (nSPS) is 22.0. The second-order valence-electron chi connectivity index (χ2n) is 4.61. The van der Waals surface area contributed by atoms with Gasteiger partial charge in [-0.15, -0.1) is 0 Å². The zero-order chi connectivity index (χ0) is 14.2. The fourth-order valence-electron chi connectivity index (χ4n) is 1.71. The van der Waals surface area contributed by atoms with Crippen LogP contribution in [0.2, 0.25) is 0 Å². The van der Waals surface area contributed by atoms with Crippen LogP contribution in [-0.4, -0.2) is 32.6 Å². The van der Waals surface area contributed by atoms with Crippen molar-refractivity contribution >= 4 is 16.0 Å². The summed E-state index contributed by atoms with van der Waals surface area (Å²) >= 11 is 0. The number of ether oxygens (including phenoxy) is 1. The fourth-order valence-corrected chi connectivity index (χ4v) is 3.09. The molecule has 1 fully saturated rings. The molecule has 1 saturated carbocycles. The summed E-state index contributed by atoms with van der Waals surface area (Å²) in [7, 11) is -2.52. The third-order valence-corrected chi connectivity index (χ3v) is 4.59. The Bertz CT molecular complexity index is 611. The van der Waals surface area contributed by atoms with Crippen molar-refractivity contribution in [2.75, 3.05) is 7.11 Å². The molecule has 104 valence electrons. The van der Waals surface area contributed by atoms with E-state index in [4.69, 9.17) is 0 Å². The van der Waals surface area contributed by atoms with E-state index in [1.54, 1.807) is 0 Å². The number of rotatable bonds is 4. The SMILES string of the molecule is COC(=O)c1cc(S(=O)(=O)NC2CC2C)ccc1O. The van der Waals surface area contributed by atoms with Crippen LogP contribution >= 0.6 is 0 Å². The van der Waals surface area contributed by atoms with Crippen molar-refractivity contribution in [3.05, 3.63) is 23.8 Å². The lowest BCUT2D eigenvalue weighted by atomic mass is 10.2. The Labute approximate surface area is 111 Å². The van der Waals surface area contributed by atoms with Gasteiger partial charge in [-0.05, 0) is 30.5 Å². The second-order valence-corrected chi connectivity index (χ2v) is 6.33. The standard InChI is InChI=1S/C12H15NO5S/c1-7-5-10(7)13-19(16,17)8-3-4-11(14)9(6-8)12(15)18-2/h3-4,6-7,10,13-14H,5H2,1-2H3. The third kappa shape index (κ3) is 2.87. The number of hydrogen-bond donors (Lipinski definition) is 2. The summed E-state index contributed by atoms with van der Waals surface area (Å²) in [6, 6.07) is 3.46. The monoisotopic (exact) mass is 285 g/mol. The largest absolute Gasteiger partial charge is 0.507 e. The average Bonchev–Trinajstić information content (AvgIpc) is 3.03. The molecule has 0 heterocycles. The number of esters is 1. The summed E-state index contributed by atoms with van der Waals surface area (Å²) in [5.41, 5.74) is -0.172. The molecule has 0 spiro atoms. The van der Waals surface area contributed by atoms with Crippen LogP contribution in [0.4, 0.5) is 0 Å². The lowest BCUT2D eigenvalue weighted by Gasteiger charge is -2.08. The van der Waals surface area contributed by atoms with E-state index in [0.29, 0.717) is 5.92 Å². The first-order chi connectivity index (χ1) is 8.85. The quantitative estimate of drug-likeness (QED) is 0.801. The molecule has 1 aliphatic carbocycles. The smallest absolute Gasteiger partial charge is 0.341 e. The van der Waals surface area contributed by atoms with Gasteiger partial charge in [0, 0.05) is 6.04 Å². The van der Waals surface area contributed by atoms with Gasteiger partial charge in [-0.3, -0.25) is 0 Å². The first-order valence-corrected chi connectivity index (χ1v) is 7.27. The number of phenols is 1. The molecular weight excluding hydrogens is 270 g/mol. The van der Waals surface area contributed by atoms with Crippen LogP contribution in [0.3, 0.4) is 0 Å². The number of carbonyl (C=O) groups is 1. The molecular formula is C12H15NO5S. The van der Waals surface area contributed by atoms with Gasteiger partial charge in [0.25, 0.3) is 0 Å². The molecule has 1 aliphatic rings. The second kappa shape index (κ2) is 4.82. The topological polar surface area (TPSA) is 92.7 Å². The number of carbonyl (C=O) groups excluding carboxylic acids is 1. The van der Waals surface area contributed by atoms with Crippen molar-refractivity contribution in [3.8, 4) is 5.75 Å². The maximum atomic E-state index is 12.1. The Kier molecular flexibility index (Phi) is 3.51. The molecule has 19 heavy (non-hydrogen) atoms. The molecule has 0 radical (unpaired) electrons. The summed E-state index contributed by atoms with van der Waals surface area (Å²) in [5, 5.41) is 9.52. The summed E-state index contributed by atoms with van der Waals surface area (Å²) in [5.74, 6) is -0.771. The van der Waals surface area contributed by atoms with E-state index >= 15 is 0 Å². The molecule has 2 unspecified atom stereocenters. The van der Waals surface area contributed by atoms with Crippen molar-refractivity contribution in [1.29, 1.82) is 0 Å². The number of methoxy groups -OCH3 is 1. The predicted octanol–water partition coefficient (Wildman–Crippen LogP) is 0.865. The number of sulfonamides is 1. The molecule has 0 aromatic heterocycles. The molecule has 0 aliphatic heterocycles. The molecule has 2 rings (SSSR count). The van der Waals surface area contributed by atoms with Crippen LogP contribution < -0.4 is 4.72 Å². The lowest BCUT2D eigenvalue weighted by Crippen LogP contribution is -2.27. The van der Waals surface area contributed by atoms with Crippen LogP contribution in [0, 0.1) is 5.92 Å². The minimum absolute atomic E-state index is 0.0552. The number of nitrogens with one attached hydrogen (secondary N) is 1. The Morgan fingerprint density at radius 2 is 2.11 bits per heavy atom.